The number of nitrogens with zero attached hydrogens (tertiary/aromatic N) is 2. The van der Waals surface area contributed by atoms with Gasteiger partial charge in [0.05, 0.1) is 11.6 Å². The van der Waals surface area contributed by atoms with Gasteiger partial charge in [-0.2, -0.15) is 5.26 Å². The number of aldehydes is 1. The predicted octanol–water partition coefficient (Wildman–Crippen LogP) is 1.85. The second kappa shape index (κ2) is 6.91. The van der Waals surface area contributed by atoms with Gasteiger partial charge in [0.25, 0.3) is 0 Å². The lowest BCUT2D eigenvalue weighted by Gasteiger charge is -2.29. The van der Waals surface area contributed by atoms with Gasteiger partial charge in [0.1, 0.15) is 18.6 Å². The molecule has 0 unspecified atom stereocenters. The van der Waals surface area contributed by atoms with E-state index in [0.717, 1.165) is 44.5 Å². The van der Waals surface area contributed by atoms with Crippen molar-refractivity contribution in [1.29, 1.82) is 5.26 Å². The van der Waals surface area contributed by atoms with Crippen LogP contribution in [0.25, 0.3) is 0 Å². The van der Waals surface area contributed by atoms with Crippen LogP contribution in [0.1, 0.15) is 18.4 Å². The minimum Gasteiger partial charge on any atom is -0.492 e. The summed E-state index contributed by atoms with van der Waals surface area (Å²) in [4.78, 5) is 13.0. The van der Waals surface area contributed by atoms with E-state index >= 15 is 0 Å². The van der Waals surface area contributed by atoms with Gasteiger partial charge in [0.2, 0.25) is 0 Å². The summed E-state index contributed by atoms with van der Waals surface area (Å²) in [7, 11) is 0. The maximum absolute atomic E-state index is 10.7. The highest BCUT2D eigenvalue weighted by Crippen LogP contribution is 2.15. The first kappa shape index (κ1) is 13.6. The summed E-state index contributed by atoms with van der Waals surface area (Å²) in [5.41, 5.74) is 0.642. The van der Waals surface area contributed by atoms with Crippen LogP contribution in [0.5, 0.6) is 5.75 Å². The van der Waals surface area contributed by atoms with Crippen LogP contribution >= 0.6 is 0 Å². The highest BCUT2D eigenvalue weighted by Gasteiger charge is 2.17. The summed E-state index contributed by atoms with van der Waals surface area (Å²) in [6, 6.07) is 9.22. The number of hydrogen-bond donors (Lipinski definition) is 0. The third kappa shape index (κ3) is 4.08. The Morgan fingerprint density at radius 2 is 2.00 bits per heavy atom. The number of benzene rings is 1. The topological polar surface area (TPSA) is 53.3 Å². The van der Waals surface area contributed by atoms with Crippen LogP contribution in [-0.4, -0.2) is 37.4 Å². The molecule has 1 saturated heterocycles. The molecular weight excluding hydrogens is 240 g/mol. The third-order valence-corrected chi connectivity index (χ3v) is 3.48. The molecule has 0 N–H and O–H groups in total. The largest absolute Gasteiger partial charge is 0.492 e. The molecule has 0 aromatic heterocycles. The molecule has 1 aliphatic heterocycles. The average Bonchev–Trinajstić information content (AvgIpc) is 2.49. The highest BCUT2D eigenvalue weighted by atomic mass is 16.5. The zero-order valence-electron chi connectivity index (χ0n) is 10.9. The number of piperidine rings is 1. The fourth-order valence-corrected chi connectivity index (χ4v) is 2.23. The molecule has 4 heteroatoms. The van der Waals surface area contributed by atoms with Crippen molar-refractivity contribution < 1.29 is 9.53 Å². The molecule has 0 amide bonds. The maximum atomic E-state index is 10.7. The molecule has 19 heavy (non-hydrogen) atoms. The lowest BCUT2D eigenvalue weighted by atomic mass is 9.99. The van der Waals surface area contributed by atoms with Crippen molar-refractivity contribution in [2.45, 2.75) is 12.8 Å². The SMILES string of the molecule is N#Cc1ccc(OCCN2CCC(C=O)CC2)cc1. The maximum Gasteiger partial charge on any atom is 0.123 e. The van der Waals surface area contributed by atoms with Crippen molar-refractivity contribution >= 4 is 6.29 Å². The second-order valence-electron chi connectivity index (χ2n) is 4.80. The van der Waals surface area contributed by atoms with Crippen molar-refractivity contribution in [3.63, 3.8) is 0 Å². The van der Waals surface area contributed by atoms with E-state index in [1.807, 2.05) is 12.1 Å². The lowest BCUT2D eigenvalue weighted by Crippen LogP contribution is -2.36. The Kier molecular flexibility index (Phi) is 4.93. The Labute approximate surface area is 113 Å². The fraction of sp³-hybridized carbons (Fsp3) is 0.467. The van der Waals surface area contributed by atoms with Crippen LogP contribution in [0.3, 0.4) is 0 Å². The van der Waals surface area contributed by atoms with Crippen LogP contribution in [0.15, 0.2) is 24.3 Å². The number of carbonyl (C=O) groups excluding carboxylic acids is 1. The summed E-state index contributed by atoms with van der Waals surface area (Å²) in [5, 5.41) is 8.69. The van der Waals surface area contributed by atoms with Crippen molar-refractivity contribution in [1.82, 2.24) is 4.90 Å². The molecule has 0 atom stereocenters. The average molecular weight is 258 g/mol. The quantitative estimate of drug-likeness (QED) is 0.756. The number of hydrogen-bond acceptors (Lipinski definition) is 4. The van der Waals surface area contributed by atoms with Gasteiger partial charge in [0, 0.05) is 12.5 Å². The fourth-order valence-electron chi connectivity index (χ4n) is 2.23. The second-order valence-corrected chi connectivity index (χ2v) is 4.80. The summed E-state index contributed by atoms with van der Waals surface area (Å²) in [6.07, 6.45) is 2.99. The monoisotopic (exact) mass is 258 g/mol. The molecule has 0 spiro atoms. The zero-order valence-corrected chi connectivity index (χ0v) is 10.9. The molecular formula is C15H18N2O2. The van der Waals surface area contributed by atoms with Crippen LogP contribution < -0.4 is 4.74 Å². The third-order valence-electron chi connectivity index (χ3n) is 3.48. The van der Waals surface area contributed by atoms with E-state index in [4.69, 9.17) is 10.00 Å². The molecule has 0 saturated carbocycles. The van der Waals surface area contributed by atoms with Crippen molar-refractivity contribution in [2.24, 2.45) is 5.92 Å². The number of ether oxygens (including phenoxy) is 1. The molecule has 1 aliphatic rings. The molecule has 4 nitrogen and oxygen atoms in total. The Bertz CT molecular complexity index is 442. The van der Waals surface area contributed by atoms with E-state index in [1.165, 1.54) is 0 Å². The van der Waals surface area contributed by atoms with Gasteiger partial charge in [-0.25, -0.2) is 0 Å². The lowest BCUT2D eigenvalue weighted by molar-refractivity contribution is -0.112. The van der Waals surface area contributed by atoms with Crippen LogP contribution in [0, 0.1) is 17.2 Å². The first-order chi connectivity index (χ1) is 9.31. The molecule has 1 heterocycles. The number of carbonyl (C=O) groups is 1. The van der Waals surface area contributed by atoms with Gasteiger partial charge in [0.15, 0.2) is 0 Å². The van der Waals surface area contributed by atoms with Gasteiger partial charge in [-0.05, 0) is 50.2 Å². The van der Waals surface area contributed by atoms with E-state index in [2.05, 4.69) is 11.0 Å². The number of rotatable bonds is 5. The van der Waals surface area contributed by atoms with Crippen LogP contribution in [0.4, 0.5) is 0 Å². The highest BCUT2D eigenvalue weighted by molar-refractivity contribution is 5.53. The van der Waals surface area contributed by atoms with Gasteiger partial charge >= 0.3 is 0 Å². The normalized spacial score (nSPS) is 16.8. The summed E-state index contributed by atoms with van der Waals surface area (Å²) < 4.78 is 5.64. The molecule has 0 radical (unpaired) electrons. The predicted molar refractivity (Wildman–Crippen MR) is 71.9 cm³/mol. The van der Waals surface area contributed by atoms with E-state index < -0.39 is 0 Å². The molecule has 1 aromatic carbocycles. The summed E-state index contributed by atoms with van der Waals surface area (Å²) in [5.74, 6) is 1.04. The van der Waals surface area contributed by atoms with Crippen molar-refractivity contribution in [3.8, 4) is 11.8 Å². The van der Waals surface area contributed by atoms with Crippen molar-refractivity contribution in [2.75, 3.05) is 26.2 Å². The minimum absolute atomic E-state index is 0.246. The molecule has 2 rings (SSSR count). The summed E-state index contributed by atoms with van der Waals surface area (Å²) in [6.45, 7) is 3.46. The van der Waals surface area contributed by atoms with E-state index in [9.17, 15) is 4.79 Å². The molecule has 1 aromatic rings. The Morgan fingerprint density at radius 1 is 1.32 bits per heavy atom. The van der Waals surface area contributed by atoms with E-state index in [-0.39, 0.29) is 5.92 Å². The van der Waals surface area contributed by atoms with Crippen LogP contribution in [0.2, 0.25) is 0 Å². The number of nitriles is 1. The Hall–Kier alpha value is -1.86. The molecule has 0 bridgehead atoms. The molecule has 100 valence electrons. The van der Waals surface area contributed by atoms with Gasteiger partial charge in [-0.3, -0.25) is 4.90 Å². The first-order valence-corrected chi connectivity index (χ1v) is 6.62. The van der Waals surface area contributed by atoms with E-state index in [1.54, 1.807) is 12.1 Å². The number of likely N-dealkylation sites (tertiary alicyclic amines) is 1. The van der Waals surface area contributed by atoms with Gasteiger partial charge in [-0.1, -0.05) is 0 Å². The molecule has 1 fully saturated rings. The van der Waals surface area contributed by atoms with Crippen LogP contribution in [-0.2, 0) is 4.79 Å². The Balaban J connectivity index is 1.69. The van der Waals surface area contributed by atoms with E-state index in [0.29, 0.717) is 12.2 Å². The van der Waals surface area contributed by atoms with Crippen molar-refractivity contribution in [3.05, 3.63) is 29.8 Å². The van der Waals surface area contributed by atoms with Gasteiger partial charge in [-0.15, -0.1) is 0 Å². The minimum atomic E-state index is 0.246. The summed E-state index contributed by atoms with van der Waals surface area (Å²) >= 11 is 0. The smallest absolute Gasteiger partial charge is 0.123 e. The molecule has 0 aliphatic carbocycles. The standard InChI is InChI=1S/C15H18N2O2/c16-11-13-1-3-15(4-2-13)19-10-9-17-7-5-14(12-18)6-8-17/h1-4,12,14H,5-10H2. The zero-order chi connectivity index (χ0) is 13.5. The first-order valence-electron chi connectivity index (χ1n) is 6.62. The van der Waals surface area contributed by atoms with Gasteiger partial charge < -0.3 is 9.53 Å². The Morgan fingerprint density at radius 3 is 2.58 bits per heavy atom.